The molecular formula is C12H15F3. The van der Waals surface area contributed by atoms with Crippen molar-refractivity contribution < 1.29 is 13.2 Å². The van der Waals surface area contributed by atoms with Gasteiger partial charge in [0.15, 0.2) is 17.5 Å². The van der Waals surface area contributed by atoms with E-state index in [9.17, 15) is 13.2 Å². The molecule has 0 amide bonds. The van der Waals surface area contributed by atoms with Gasteiger partial charge in [0.1, 0.15) is 0 Å². The quantitative estimate of drug-likeness (QED) is 0.552. The summed E-state index contributed by atoms with van der Waals surface area (Å²) in [4.78, 5) is 0. The second kappa shape index (κ2) is 7.10. The number of allylic oxidation sites excluding steroid dienone is 6. The van der Waals surface area contributed by atoms with Crippen LogP contribution in [0.4, 0.5) is 13.2 Å². The summed E-state index contributed by atoms with van der Waals surface area (Å²) in [6.07, 6.45) is 3.89. The molecule has 0 fully saturated rings. The summed E-state index contributed by atoms with van der Waals surface area (Å²) in [5.41, 5.74) is 0.446. The van der Waals surface area contributed by atoms with E-state index in [1.165, 1.54) is 0 Å². The fraction of sp³-hybridized carbons (Fsp3) is 0.333. The standard InChI is InChI=1S/C12H15F3/c1-4-6-7-9(3)8-11(14)12(15)10(13)5-2/h5,8H,2-4,6-7H2,1H3/b11-8-,12-10-. The molecule has 0 aliphatic carbocycles. The van der Waals surface area contributed by atoms with E-state index in [1.54, 1.807) is 0 Å². The Labute approximate surface area is 88.5 Å². The number of halogens is 3. The number of rotatable bonds is 6. The maximum Gasteiger partial charge on any atom is 0.194 e. The topological polar surface area (TPSA) is 0 Å². The van der Waals surface area contributed by atoms with Crippen molar-refractivity contribution in [3.8, 4) is 0 Å². The highest BCUT2D eigenvalue weighted by molar-refractivity contribution is 5.32. The van der Waals surface area contributed by atoms with E-state index >= 15 is 0 Å². The van der Waals surface area contributed by atoms with Crippen molar-refractivity contribution in [2.45, 2.75) is 26.2 Å². The molecule has 0 heterocycles. The molecule has 0 N–H and O–H groups in total. The van der Waals surface area contributed by atoms with E-state index in [1.807, 2.05) is 6.92 Å². The Balaban J connectivity index is 4.56. The van der Waals surface area contributed by atoms with Crippen LogP contribution in [0.15, 0.2) is 48.4 Å². The summed E-state index contributed by atoms with van der Waals surface area (Å²) in [6, 6.07) is 0. The van der Waals surface area contributed by atoms with Crippen LogP contribution < -0.4 is 0 Å². The molecule has 0 aromatic heterocycles. The van der Waals surface area contributed by atoms with Gasteiger partial charge in [-0.15, -0.1) is 0 Å². The van der Waals surface area contributed by atoms with Crippen LogP contribution in [0.3, 0.4) is 0 Å². The lowest BCUT2D eigenvalue weighted by Crippen LogP contribution is -1.83. The number of hydrogen-bond acceptors (Lipinski definition) is 0. The first-order valence-electron chi connectivity index (χ1n) is 4.76. The van der Waals surface area contributed by atoms with E-state index in [2.05, 4.69) is 13.2 Å². The normalized spacial score (nSPS) is 13.5. The minimum Gasteiger partial charge on any atom is -0.204 e. The second-order valence-electron chi connectivity index (χ2n) is 3.12. The molecule has 0 spiro atoms. The van der Waals surface area contributed by atoms with Gasteiger partial charge >= 0.3 is 0 Å². The van der Waals surface area contributed by atoms with Crippen LogP contribution in [0.25, 0.3) is 0 Å². The average Bonchev–Trinajstić information content (AvgIpc) is 2.23. The molecule has 0 rings (SSSR count). The zero-order valence-electron chi connectivity index (χ0n) is 8.82. The van der Waals surface area contributed by atoms with E-state index in [4.69, 9.17) is 0 Å². The molecule has 84 valence electrons. The fourth-order valence-corrected chi connectivity index (χ4v) is 0.922. The first-order valence-corrected chi connectivity index (χ1v) is 4.76. The maximum absolute atomic E-state index is 13.0. The lowest BCUT2D eigenvalue weighted by Gasteiger charge is -1.99. The average molecular weight is 216 g/mol. The zero-order valence-corrected chi connectivity index (χ0v) is 8.82. The maximum atomic E-state index is 13.0. The van der Waals surface area contributed by atoms with Gasteiger partial charge in [0.25, 0.3) is 0 Å². The van der Waals surface area contributed by atoms with Crippen molar-refractivity contribution in [2.75, 3.05) is 0 Å². The summed E-state index contributed by atoms with van der Waals surface area (Å²) in [6.45, 7) is 8.53. The monoisotopic (exact) mass is 216 g/mol. The van der Waals surface area contributed by atoms with Crippen molar-refractivity contribution in [3.63, 3.8) is 0 Å². The van der Waals surface area contributed by atoms with Gasteiger partial charge in [-0.2, -0.15) is 0 Å². The molecule has 0 radical (unpaired) electrons. The van der Waals surface area contributed by atoms with Gasteiger partial charge < -0.3 is 0 Å². The minimum absolute atomic E-state index is 0.446. The number of hydrogen-bond donors (Lipinski definition) is 0. The van der Waals surface area contributed by atoms with Crippen LogP contribution in [-0.2, 0) is 0 Å². The molecule has 0 aromatic carbocycles. The molecule has 0 saturated carbocycles. The molecule has 0 aliphatic rings. The highest BCUT2D eigenvalue weighted by Gasteiger charge is 2.09. The molecule has 0 unspecified atom stereocenters. The predicted molar refractivity (Wildman–Crippen MR) is 57.3 cm³/mol. The Morgan fingerprint density at radius 2 is 1.87 bits per heavy atom. The molecule has 0 saturated heterocycles. The van der Waals surface area contributed by atoms with Crippen LogP contribution in [0.1, 0.15) is 26.2 Å². The summed E-state index contributed by atoms with van der Waals surface area (Å²) in [5, 5.41) is 0. The van der Waals surface area contributed by atoms with Crippen molar-refractivity contribution in [2.24, 2.45) is 0 Å². The molecule has 3 heteroatoms. The van der Waals surface area contributed by atoms with Gasteiger partial charge in [0, 0.05) is 0 Å². The molecule has 0 atom stereocenters. The summed E-state index contributed by atoms with van der Waals surface area (Å²) < 4.78 is 38.4. The lowest BCUT2D eigenvalue weighted by molar-refractivity contribution is 0.503. The van der Waals surface area contributed by atoms with E-state index in [0.29, 0.717) is 18.1 Å². The van der Waals surface area contributed by atoms with Gasteiger partial charge in [-0.3, -0.25) is 0 Å². The number of unbranched alkanes of at least 4 members (excludes halogenated alkanes) is 1. The smallest absolute Gasteiger partial charge is 0.194 e. The Morgan fingerprint density at radius 1 is 1.27 bits per heavy atom. The Kier molecular flexibility index (Phi) is 6.50. The highest BCUT2D eigenvalue weighted by atomic mass is 19.2. The first-order chi connectivity index (χ1) is 7.02. The fourth-order valence-electron chi connectivity index (χ4n) is 0.922. The van der Waals surface area contributed by atoms with Crippen molar-refractivity contribution in [1.29, 1.82) is 0 Å². The van der Waals surface area contributed by atoms with Crippen LogP contribution in [-0.4, -0.2) is 0 Å². The van der Waals surface area contributed by atoms with E-state index < -0.39 is 17.5 Å². The van der Waals surface area contributed by atoms with Crippen LogP contribution in [0, 0.1) is 0 Å². The molecule has 0 aromatic rings. The largest absolute Gasteiger partial charge is 0.204 e. The summed E-state index contributed by atoms with van der Waals surface area (Å²) in [7, 11) is 0. The molecular weight excluding hydrogens is 201 g/mol. The SMILES string of the molecule is C=C/C(F)=C(F)\C(F)=C\C(=C)CCCC. The van der Waals surface area contributed by atoms with Crippen molar-refractivity contribution in [3.05, 3.63) is 48.4 Å². The van der Waals surface area contributed by atoms with Crippen molar-refractivity contribution in [1.82, 2.24) is 0 Å². The molecule has 15 heavy (non-hydrogen) atoms. The third-order valence-corrected chi connectivity index (χ3v) is 1.78. The lowest BCUT2D eigenvalue weighted by atomic mass is 10.1. The van der Waals surface area contributed by atoms with Crippen LogP contribution >= 0.6 is 0 Å². The molecule has 0 bridgehead atoms. The summed E-state index contributed by atoms with van der Waals surface area (Å²) >= 11 is 0. The predicted octanol–water partition coefficient (Wildman–Crippen LogP) is 4.92. The Morgan fingerprint density at radius 3 is 2.33 bits per heavy atom. The summed E-state index contributed by atoms with van der Waals surface area (Å²) in [5.74, 6) is -4.07. The van der Waals surface area contributed by atoms with Crippen LogP contribution in [0.5, 0.6) is 0 Å². The van der Waals surface area contributed by atoms with Crippen LogP contribution in [0.2, 0.25) is 0 Å². The molecule has 0 nitrogen and oxygen atoms in total. The zero-order chi connectivity index (χ0) is 11.8. The third kappa shape index (κ3) is 5.25. The Bertz CT molecular complexity index is 298. The minimum atomic E-state index is -1.53. The van der Waals surface area contributed by atoms with E-state index in [0.717, 1.165) is 18.9 Å². The Hall–Kier alpha value is -1.25. The van der Waals surface area contributed by atoms with Gasteiger partial charge in [0.2, 0.25) is 0 Å². The van der Waals surface area contributed by atoms with Crippen molar-refractivity contribution >= 4 is 0 Å². The van der Waals surface area contributed by atoms with Gasteiger partial charge in [-0.05, 0) is 25.0 Å². The second-order valence-corrected chi connectivity index (χ2v) is 3.12. The van der Waals surface area contributed by atoms with Gasteiger partial charge in [-0.25, -0.2) is 13.2 Å². The van der Waals surface area contributed by atoms with Gasteiger partial charge in [0.05, 0.1) is 0 Å². The third-order valence-electron chi connectivity index (χ3n) is 1.78. The highest BCUT2D eigenvalue weighted by Crippen LogP contribution is 2.21. The van der Waals surface area contributed by atoms with E-state index in [-0.39, 0.29) is 0 Å². The van der Waals surface area contributed by atoms with Gasteiger partial charge in [-0.1, -0.05) is 32.1 Å². The first kappa shape index (κ1) is 13.8. The molecule has 0 aliphatic heterocycles.